The van der Waals surface area contributed by atoms with E-state index < -0.39 is 0 Å². The van der Waals surface area contributed by atoms with E-state index in [9.17, 15) is 14.4 Å². The van der Waals surface area contributed by atoms with Crippen LogP contribution in [0.2, 0.25) is 0 Å². The minimum Gasteiger partial charge on any atom is -0.324 e. The number of carbonyl (C=O) groups is 1. The number of likely N-dealkylation sites (tertiary alicyclic amines) is 1. The van der Waals surface area contributed by atoms with Gasteiger partial charge in [0.15, 0.2) is 5.13 Å². The average molecular weight is 623 g/mol. The van der Waals surface area contributed by atoms with Gasteiger partial charge in [0.05, 0.1) is 19.0 Å². The van der Waals surface area contributed by atoms with Gasteiger partial charge in [0.1, 0.15) is 39.7 Å². The van der Waals surface area contributed by atoms with Crippen molar-refractivity contribution in [2.75, 3.05) is 38.4 Å². The first-order chi connectivity index (χ1) is 21.9. The van der Waals surface area contributed by atoms with Crippen molar-refractivity contribution in [3.8, 4) is 28.5 Å². The van der Waals surface area contributed by atoms with E-state index in [0.29, 0.717) is 46.9 Å². The third kappa shape index (κ3) is 5.47. The number of aromatic nitrogens is 5. The summed E-state index contributed by atoms with van der Waals surface area (Å²) in [5.74, 6) is 1.79. The molecule has 0 radical (unpaired) electrons. The van der Waals surface area contributed by atoms with Crippen LogP contribution in [-0.4, -0.2) is 73.6 Å². The fourth-order valence-corrected chi connectivity index (χ4v) is 6.55. The lowest BCUT2D eigenvalue weighted by atomic mass is 9.95. The van der Waals surface area contributed by atoms with Crippen LogP contribution in [0.3, 0.4) is 0 Å². The number of hydrogen-bond donors (Lipinski definition) is 1. The number of halogens is 1. The Balaban J connectivity index is 1.09. The molecule has 228 valence electrons. The van der Waals surface area contributed by atoms with Crippen molar-refractivity contribution in [2.45, 2.75) is 26.2 Å². The summed E-state index contributed by atoms with van der Waals surface area (Å²) in [6, 6.07) is 12.4. The summed E-state index contributed by atoms with van der Waals surface area (Å²) >= 11 is 1.29. The summed E-state index contributed by atoms with van der Waals surface area (Å²) in [5.41, 5.74) is 4.75. The SMILES string of the molecule is CCc1nc2ccc(-c3cnc(CCC4CN(C(=O)N5CNC5)C4)nc3)cn2c1N(C)c1nc(-c2ccc(F)cc2)c(C#N)s1. The third-order valence-corrected chi connectivity index (χ3v) is 9.39. The number of anilines is 2. The molecule has 0 spiro atoms. The summed E-state index contributed by atoms with van der Waals surface area (Å²) in [6.45, 7) is 4.92. The number of imidazole rings is 1. The molecule has 0 saturated carbocycles. The molecule has 11 nitrogen and oxygen atoms in total. The molecular weight excluding hydrogens is 591 g/mol. The van der Waals surface area contributed by atoms with Gasteiger partial charge in [-0.1, -0.05) is 18.3 Å². The number of fused-ring (bicyclic) bond motifs is 1. The zero-order chi connectivity index (χ0) is 31.1. The van der Waals surface area contributed by atoms with Crippen LogP contribution in [0.5, 0.6) is 0 Å². The Morgan fingerprint density at radius 2 is 1.80 bits per heavy atom. The highest BCUT2D eigenvalue weighted by Gasteiger charge is 2.34. The maximum absolute atomic E-state index is 13.5. The van der Waals surface area contributed by atoms with Crippen molar-refractivity contribution in [1.82, 2.24) is 39.5 Å². The van der Waals surface area contributed by atoms with Gasteiger partial charge >= 0.3 is 6.03 Å². The molecule has 0 aliphatic carbocycles. The maximum atomic E-state index is 13.5. The molecule has 0 bridgehead atoms. The molecule has 0 atom stereocenters. The van der Waals surface area contributed by atoms with Crippen molar-refractivity contribution in [1.29, 1.82) is 5.26 Å². The molecule has 13 heteroatoms. The minimum absolute atomic E-state index is 0.120. The number of hydrogen-bond acceptors (Lipinski definition) is 9. The fraction of sp³-hybridized carbons (Fsp3) is 0.312. The number of nitrogens with one attached hydrogen (secondary N) is 1. The van der Waals surface area contributed by atoms with E-state index in [0.717, 1.165) is 60.0 Å². The number of aryl methyl sites for hydroxylation is 2. The first kappa shape index (κ1) is 28.8. The smallest absolute Gasteiger partial charge is 0.322 e. The van der Waals surface area contributed by atoms with Crippen LogP contribution >= 0.6 is 11.3 Å². The Morgan fingerprint density at radius 1 is 1.07 bits per heavy atom. The molecule has 2 fully saturated rings. The topological polar surface area (TPSA) is 119 Å². The number of benzene rings is 1. The second kappa shape index (κ2) is 11.9. The average Bonchev–Trinajstić information content (AvgIpc) is 3.61. The third-order valence-electron chi connectivity index (χ3n) is 8.36. The zero-order valence-electron chi connectivity index (χ0n) is 24.9. The molecule has 45 heavy (non-hydrogen) atoms. The van der Waals surface area contributed by atoms with E-state index >= 15 is 0 Å². The van der Waals surface area contributed by atoms with Gasteiger partial charge in [0, 0.05) is 61.8 Å². The highest BCUT2D eigenvalue weighted by Crippen LogP contribution is 2.37. The Morgan fingerprint density at radius 3 is 2.47 bits per heavy atom. The maximum Gasteiger partial charge on any atom is 0.322 e. The lowest BCUT2D eigenvalue weighted by molar-refractivity contribution is 0.0618. The monoisotopic (exact) mass is 622 g/mol. The lowest BCUT2D eigenvalue weighted by Crippen LogP contribution is -2.62. The van der Waals surface area contributed by atoms with Gasteiger partial charge in [-0.2, -0.15) is 5.26 Å². The molecule has 7 rings (SSSR count). The number of urea groups is 1. The van der Waals surface area contributed by atoms with Crippen molar-refractivity contribution in [3.63, 3.8) is 0 Å². The van der Waals surface area contributed by atoms with Crippen LogP contribution in [0.1, 0.15) is 29.7 Å². The molecule has 1 N–H and O–H groups in total. The van der Waals surface area contributed by atoms with Crippen LogP contribution in [0.4, 0.5) is 20.1 Å². The van der Waals surface area contributed by atoms with E-state index in [4.69, 9.17) is 9.97 Å². The number of pyridine rings is 1. The number of nitriles is 1. The van der Waals surface area contributed by atoms with Crippen LogP contribution in [0, 0.1) is 23.1 Å². The quantitative estimate of drug-likeness (QED) is 0.255. The minimum atomic E-state index is -0.339. The Hall–Kier alpha value is -4.93. The molecule has 2 aliphatic heterocycles. The molecule has 2 aliphatic rings. The molecule has 4 aromatic heterocycles. The van der Waals surface area contributed by atoms with Crippen molar-refractivity contribution >= 4 is 34.0 Å². The first-order valence-corrected chi connectivity index (χ1v) is 15.7. The number of carbonyl (C=O) groups excluding carboxylic acids is 1. The summed E-state index contributed by atoms with van der Waals surface area (Å²) in [7, 11) is 1.92. The van der Waals surface area contributed by atoms with Gasteiger partial charge in [-0.15, -0.1) is 0 Å². The van der Waals surface area contributed by atoms with E-state index in [1.807, 2.05) is 52.0 Å². The van der Waals surface area contributed by atoms with Gasteiger partial charge in [0.2, 0.25) is 0 Å². The Kier molecular flexibility index (Phi) is 7.60. The summed E-state index contributed by atoms with van der Waals surface area (Å²) in [4.78, 5) is 37.3. The predicted molar refractivity (Wildman–Crippen MR) is 169 cm³/mol. The molecule has 5 aromatic rings. The van der Waals surface area contributed by atoms with Crippen molar-refractivity contribution in [2.24, 2.45) is 5.92 Å². The normalized spacial score (nSPS) is 14.7. The highest BCUT2D eigenvalue weighted by molar-refractivity contribution is 7.16. The largest absolute Gasteiger partial charge is 0.324 e. The standard InChI is InChI=1S/C32H31FN10OS/c1-3-25-30(40(2)31-39-29(26(12-34)45-31)21-5-8-24(33)9-6-21)43-17-22(7-11-28(43)38-25)23-13-36-27(37-14-23)10-4-20-15-41(16-20)32(44)42-18-35-19-42/h5-9,11,13-14,17,20,35H,3-4,10,15-16,18-19H2,1-2H3. The van der Waals surface area contributed by atoms with Crippen molar-refractivity contribution in [3.05, 3.63) is 77.2 Å². The molecular formula is C32H31FN10OS. The van der Waals surface area contributed by atoms with Gasteiger partial charge < -0.3 is 9.80 Å². The van der Waals surface area contributed by atoms with Crippen LogP contribution in [0.25, 0.3) is 28.0 Å². The number of amides is 2. The van der Waals surface area contributed by atoms with E-state index in [1.54, 1.807) is 17.0 Å². The van der Waals surface area contributed by atoms with Gasteiger partial charge in [-0.3, -0.25) is 14.6 Å². The van der Waals surface area contributed by atoms with Gasteiger partial charge in [-0.05, 0) is 55.2 Å². The first-order valence-electron chi connectivity index (χ1n) is 14.9. The van der Waals surface area contributed by atoms with E-state index in [-0.39, 0.29) is 11.8 Å². The van der Waals surface area contributed by atoms with Crippen LogP contribution in [0.15, 0.2) is 55.0 Å². The van der Waals surface area contributed by atoms with Crippen molar-refractivity contribution < 1.29 is 9.18 Å². The molecule has 0 unspecified atom stereocenters. The predicted octanol–water partition coefficient (Wildman–Crippen LogP) is 5.06. The fourth-order valence-electron chi connectivity index (χ4n) is 5.70. The van der Waals surface area contributed by atoms with E-state index in [2.05, 4.69) is 28.3 Å². The summed E-state index contributed by atoms with van der Waals surface area (Å²) in [6.07, 6.45) is 8.16. The summed E-state index contributed by atoms with van der Waals surface area (Å²) < 4.78 is 15.6. The Bertz CT molecular complexity index is 1900. The number of thiazole rings is 1. The molecule has 6 heterocycles. The van der Waals surface area contributed by atoms with E-state index in [1.165, 1.54) is 23.5 Å². The zero-order valence-corrected chi connectivity index (χ0v) is 25.8. The Labute approximate surface area is 263 Å². The summed E-state index contributed by atoms with van der Waals surface area (Å²) in [5, 5.41) is 13.6. The molecule has 1 aromatic carbocycles. The van der Waals surface area contributed by atoms with Crippen LogP contribution < -0.4 is 10.2 Å². The second-order valence-electron chi connectivity index (χ2n) is 11.3. The molecule has 2 amide bonds. The lowest BCUT2D eigenvalue weighted by Gasteiger charge is -2.44. The number of rotatable bonds is 8. The van der Waals surface area contributed by atoms with Crippen LogP contribution in [-0.2, 0) is 12.8 Å². The second-order valence-corrected chi connectivity index (χ2v) is 12.3. The highest BCUT2D eigenvalue weighted by atomic mass is 32.1. The molecule has 2 saturated heterocycles. The van der Waals surface area contributed by atoms with Gasteiger partial charge in [-0.25, -0.2) is 29.1 Å². The van der Waals surface area contributed by atoms with Gasteiger partial charge in [0.25, 0.3) is 0 Å². The number of nitrogens with zero attached hydrogens (tertiary/aromatic N) is 9.